The van der Waals surface area contributed by atoms with Crippen LogP contribution in [0.3, 0.4) is 0 Å². The van der Waals surface area contributed by atoms with Crippen molar-refractivity contribution in [2.45, 2.75) is 51.6 Å². The van der Waals surface area contributed by atoms with E-state index in [1.807, 2.05) is 0 Å². The fourth-order valence-corrected chi connectivity index (χ4v) is 2.55. The summed E-state index contributed by atoms with van der Waals surface area (Å²) >= 11 is 0. The van der Waals surface area contributed by atoms with E-state index in [1.54, 1.807) is 6.92 Å². The first-order valence-electron chi connectivity index (χ1n) is 6.24. The van der Waals surface area contributed by atoms with Gasteiger partial charge in [0.15, 0.2) is 0 Å². The average Bonchev–Trinajstić information content (AvgIpc) is 2.77. The number of carboxylic acids is 1. The lowest BCUT2D eigenvalue weighted by Crippen LogP contribution is -2.50. The van der Waals surface area contributed by atoms with Crippen LogP contribution >= 0.6 is 0 Å². The molecule has 2 fully saturated rings. The number of hydrogen-bond donors (Lipinski definition) is 3. The monoisotopic (exact) mass is 240 g/mol. The normalized spacial score (nSPS) is 39.8. The number of rotatable bonds is 3. The van der Waals surface area contributed by atoms with Crippen molar-refractivity contribution in [1.82, 2.24) is 10.6 Å². The summed E-state index contributed by atoms with van der Waals surface area (Å²) in [4.78, 5) is 22.9. The molecule has 0 aliphatic heterocycles. The Hall–Kier alpha value is -1.26. The van der Waals surface area contributed by atoms with Crippen molar-refractivity contribution in [3.05, 3.63) is 0 Å². The molecule has 0 saturated heterocycles. The predicted molar refractivity (Wildman–Crippen MR) is 62.6 cm³/mol. The number of carbonyl (C=O) groups excluding carboxylic acids is 1. The van der Waals surface area contributed by atoms with Crippen LogP contribution in [0, 0.1) is 11.3 Å². The Kier molecular flexibility index (Phi) is 3.02. The zero-order valence-corrected chi connectivity index (χ0v) is 10.3. The number of hydrogen-bond acceptors (Lipinski definition) is 2. The van der Waals surface area contributed by atoms with Gasteiger partial charge in [-0.05, 0) is 32.1 Å². The number of aliphatic carboxylic acids is 1. The first kappa shape index (κ1) is 12.2. The summed E-state index contributed by atoms with van der Waals surface area (Å²) in [5.41, 5.74) is -0.813. The molecule has 2 saturated carbocycles. The topological polar surface area (TPSA) is 78.4 Å². The van der Waals surface area contributed by atoms with Crippen LogP contribution in [0.25, 0.3) is 0 Å². The van der Waals surface area contributed by atoms with Gasteiger partial charge in [-0.1, -0.05) is 13.3 Å². The molecule has 4 unspecified atom stereocenters. The van der Waals surface area contributed by atoms with Crippen LogP contribution in [0.5, 0.6) is 0 Å². The molecule has 0 aromatic rings. The SMILES string of the molecule is CC1CC1NC(=O)NC1CCCC1(C)C(=O)O. The van der Waals surface area contributed by atoms with Crippen molar-refractivity contribution in [3.63, 3.8) is 0 Å². The fraction of sp³-hybridized carbons (Fsp3) is 0.833. The summed E-state index contributed by atoms with van der Waals surface area (Å²) < 4.78 is 0. The minimum atomic E-state index is -0.819. The van der Waals surface area contributed by atoms with E-state index in [9.17, 15) is 14.7 Å². The molecule has 0 heterocycles. The lowest BCUT2D eigenvalue weighted by Gasteiger charge is -2.27. The lowest BCUT2D eigenvalue weighted by atomic mass is 9.85. The zero-order chi connectivity index (χ0) is 12.6. The van der Waals surface area contributed by atoms with Crippen LogP contribution in [0.15, 0.2) is 0 Å². The standard InChI is InChI=1S/C12H20N2O3/c1-7-6-8(7)13-11(17)14-9-4-3-5-12(9,2)10(15)16/h7-9H,3-6H2,1-2H3,(H,15,16)(H2,13,14,17). The Bertz CT molecular complexity index is 345. The van der Waals surface area contributed by atoms with Gasteiger partial charge in [0.25, 0.3) is 0 Å². The Balaban J connectivity index is 1.89. The van der Waals surface area contributed by atoms with E-state index in [-0.39, 0.29) is 18.1 Å². The van der Waals surface area contributed by atoms with Gasteiger partial charge in [0.2, 0.25) is 0 Å². The average molecular weight is 240 g/mol. The second-order valence-corrected chi connectivity index (χ2v) is 5.60. The molecule has 0 aromatic carbocycles. The molecule has 17 heavy (non-hydrogen) atoms. The summed E-state index contributed by atoms with van der Waals surface area (Å²) in [5, 5.41) is 14.9. The zero-order valence-electron chi connectivity index (χ0n) is 10.3. The largest absolute Gasteiger partial charge is 0.481 e. The molecule has 0 bridgehead atoms. The van der Waals surface area contributed by atoms with Gasteiger partial charge in [-0.3, -0.25) is 4.79 Å². The van der Waals surface area contributed by atoms with Gasteiger partial charge in [0.05, 0.1) is 5.41 Å². The summed E-state index contributed by atoms with van der Waals surface area (Å²) in [6, 6.07) is -0.208. The maximum Gasteiger partial charge on any atom is 0.315 e. The minimum Gasteiger partial charge on any atom is -0.481 e. The van der Waals surface area contributed by atoms with E-state index in [0.29, 0.717) is 12.3 Å². The van der Waals surface area contributed by atoms with Crippen molar-refractivity contribution >= 4 is 12.0 Å². The number of nitrogens with one attached hydrogen (secondary N) is 2. The highest BCUT2D eigenvalue weighted by molar-refractivity contribution is 5.79. The maximum absolute atomic E-state index is 11.7. The molecule has 0 aromatic heterocycles. The highest BCUT2D eigenvalue weighted by atomic mass is 16.4. The van der Waals surface area contributed by atoms with E-state index >= 15 is 0 Å². The first-order valence-corrected chi connectivity index (χ1v) is 6.24. The smallest absolute Gasteiger partial charge is 0.315 e. The number of carboxylic acid groups (broad SMARTS) is 1. The quantitative estimate of drug-likeness (QED) is 0.696. The molecule has 5 heteroatoms. The van der Waals surface area contributed by atoms with Crippen molar-refractivity contribution in [2.24, 2.45) is 11.3 Å². The van der Waals surface area contributed by atoms with Gasteiger partial charge < -0.3 is 15.7 Å². The summed E-state index contributed by atoms with van der Waals surface area (Å²) in [7, 11) is 0. The van der Waals surface area contributed by atoms with Crippen LogP contribution in [-0.4, -0.2) is 29.2 Å². The van der Waals surface area contributed by atoms with Crippen molar-refractivity contribution in [2.75, 3.05) is 0 Å². The van der Waals surface area contributed by atoms with Gasteiger partial charge >= 0.3 is 12.0 Å². The van der Waals surface area contributed by atoms with Crippen molar-refractivity contribution < 1.29 is 14.7 Å². The highest BCUT2D eigenvalue weighted by Gasteiger charge is 2.46. The third-order valence-corrected chi connectivity index (χ3v) is 4.18. The molecule has 2 aliphatic rings. The van der Waals surface area contributed by atoms with Crippen molar-refractivity contribution in [1.29, 1.82) is 0 Å². The molecule has 2 rings (SSSR count). The number of carbonyl (C=O) groups is 2. The molecule has 5 nitrogen and oxygen atoms in total. The van der Waals surface area contributed by atoms with Gasteiger partial charge in [-0.15, -0.1) is 0 Å². The second-order valence-electron chi connectivity index (χ2n) is 5.60. The lowest BCUT2D eigenvalue weighted by molar-refractivity contribution is -0.148. The molecule has 2 aliphatic carbocycles. The van der Waals surface area contributed by atoms with Crippen LogP contribution < -0.4 is 10.6 Å². The number of amides is 2. The molecule has 2 amide bonds. The Labute approximate surface area is 101 Å². The third kappa shape index (κ3) is 2.37. The highest BCUT2D eigenvalue weighted by Crippen LogP contribution is 2.38. The summed E-state index contributed by atoms with van der Waals surface area (Å²) in [6.07, 6.45) is 3.26. The van der Waals surface area contributed by atoms with Crippen LogP contribution in [-0.2, 0) is 4.79 Å². The molecular formula is C12H20N2O3. The van der Waals surface area contributed by atoms with Crippen LogP contribution in [0.4, 0.5) is 4.79 Å². The maximum atomic E-state index is 11.7. The van der Waals surface area contributed by atoms with E-state index in [0.717, 1.165) is 19.3 Å². The Morgan fingerprint density at radius 1 is 1.35 bits per heavy atom. The second kappa shape index (κ2) is 4.20. The molecular weight excluding hydrogens is 220 g/mol. The van der Waals surface area contributed by atoms with Crippen molar-refractivity contribution in [3.8, 4) is 0 Å². The van der Waals surface area contributed by atoms with Gasteiger partial charge in [0.1, 0.15) is 0 Å². The third-order valence-electron chi connectivity index (χ3n) is 4.18. The van der Waals surface area contributed by atoms with E-state index in [2.05, 4.69) is 17.6 Å². The minimum absolute atomic E-state index is 0.223. The summed E-state index contributed by atoms with van der Waals surface area (Å²) in [6.45, 7) is 3.80. The fourth-order valence-electron chi connectivity index (χ4n) is 2.55. The molecule has 3 N–H and O–H groups in total. The van der Waals surface area contributed by atoms with Gasteiger partial charge in [-0.25, -0.2) is 4.79 Å². The molecule has 96 valence electrons. The van der Waals surface area contributed by atoms with Crippen LogP contribution in [0.1, 0.15) is 39.5 Å². The predicted octanol–water partition coefficient (Wildman–Crippen LogP) is 1.34. The number of urea groups is 1. The Morgan fingerprint density at radius 2 is 2.00 bits per heavy atom. The van der Waals surface area contributed by atoms with E-state index < -0.39 is 11.4 Å². The molecule has 0 spiro atoms. The van der Waals surface area contributed by atoms with Crippen LogP contribution in [0.2, 0.25) is 0 Å². The van der Waals surface area contributed by atoms with Gasteiger partial charge in [-0.2, -0.15) is 0 Å². The molecule has 0 radical (unpaired) electrons. The first-order chi connectivity index (χ1) is 7.93. The Morgan fingerprint density at radius 3 is 2.53 bits per heavy atom. The van der Waals surface area contributed by atoms with E-state index in [4.69, 9.17) is 0 Å². The van der Waals surface area contributed by atoms with Gasteiger partial charge in [0, 0.05) is 12.1 Å². The van der Waals surface area contributed by atoms with E-state index in [1.165, 1.54) is 0 Å². The summed E-state index contributed by atoms with van der Waals surface area (Å²) in [5.74, 6) is -0.268. The molecule has 4 atom stereocenters.